The van der Waals surface area contributed by atoms with Gasteiger partial charge in [-0.1, -0.05) is 6.42 Å². The van der Waals surface area contributed by atoms with Crippen LogP contribution >= 0.6 is 15.9 Å². The minimum absolute atomic E-state index is 0.234. The molecule has 1 fully saturated rings. The van der Waals surface area contributed by atoms with E-state index in [9.17, 15) is 0 Å². The van der Waals surface area contributed by atoms with Gasteiger partial charge in [0.15, 0.2) is 5.65 Å². The highest BCUT2D eigenvalue weighted by Gasteiger charge is 2.26. The van der Waals surface area contributed by atoms with Gasteiger partial charge in [0.2, 0.25) is 0 Å². The molecule has 1 aliphatic rings. The Labute approximate surface area is 141 Å². The fourth-order valence-corrected chi connectivity index (χ4v) is 3.94. The highest BCUT2D eigenvalue weighted by atomic mass is 79.9. The van der Waals surface area contributed by atoms with Crippen molar-refractivity contribution in [2.75, 3.05) is 5.73 Å². The molecule has 0 spiro atoms. The van der Waals surface area contributed by atoms with Crippen molar-refractivity contribution in [2.24, 2.45) is 5.73 Å². The molecule has 4 rings (SSSR count). The number of anilines is 1. The van der Waals surface area contributed by atoms with Gasteiger partial charge in [-0.05, 0) is 35.2 Å². The number of nitrogens with two attached hydrogens (primary N) is 2. The SMILES string of the molecule is Nc1c(Br)c([C@H]2CCC[C@@H](N)C2)nc2c(-c3cn[nH]c3)cnn12. The van der Waals surface area contributed by atoms with Crippen LogP contribution in [-0.2, 0) is 0 Å². The van der Waals surface area contributed by atoms with Crippen LogP contribution in [0, 0.1) is 0 Å². The molecular formula is C15H18BrN7. The van der Waals surface area contributed by atoms with Crippen LogP contribution in [0.2, 0.25) is 0 Å². The zero-order chi connectivity index (χ0) is 16.0. The van der Waals surface area contributed by atoms with Crippen LogP contribution in [0.25, 0.3) is 16.8 Å². The van der Waals surface area contributed by atoms with E-state index in [0.717, 1.165) is 52.6 Å². The van der Waals surface area contributed by atoms with E-state index < -0.39 is 0 Å². The number of fused-ring (bicyclic) bond motifs is 1. The molecule has 0 radical (unpaired) electrons. The third-order valence-electron chi connectivity index (χ3n) is 4.56. The van der Waals surface area contributed by atoms with E-state index in [0.29, 0.717) is 11.7 Å². The summed E-state index contributed by atoms with van der Waals surface area (Å²) in [6, 6.07) is 0.234. The molecule has 23 heavy (non-hydrogen) atoms. The summed E-state index contributed by atoms with van der Waals surface area (Å²) >= 11 is 3.61. The van der Waals surface area contributed by atoms with E-state index in [1.807, 2.05) is 6.20 Å². The summed E-state index contributed by atoms with van der Waals surface area (Å²) in [5.74, 6) is 0.895. The summed E-state index contributed by atoms with van der Waals surface area (Å²) in [5.41, 5.74) is 16.0. The van der Waals surface area contributed by atoms with Crippen LogP contribution in [-0.4, -0.2) is 30.8 Å². The molecule has 0 bridgehead atoms. The Balaban J connectivity index is 1.88. The summed E-state index contributed by atoms with van der Waals surface area (Å²) in [6.45, 7) is 0. The van der Waals surface area contributed by atoms with Crippen LogP contribution in [0.5, 0.6) is 0 Å². The van der Waals surface area contributed by atoms with Gasteiger partial charge in [0.05, 0.1) is 22.6 Å². The molecular weight excluding hydrogens is 358 g/mol. The van der Waals surface area contributed by atoms with Crippen molar-refractivity contribution >= 4 is 27.4 Å². The van der Waals surface area contributed by atoms with Crippen LogP contribution < -0.4 is 11.5 Å². The average Bonchev–Trinajstić information content (AvgIpc) is 3.19. The largest absolute Gasteiger partial charge is 0.383 e. The zero-order valence-corrected chi connectivity index (χ0v) is 14.1. The van der Waals surface area contributed by atoms with E-state index in [2.05, 4.69) is 31.2 Å². The van der Waals surface area contributed by atoms with Crippen LogP contribution in [0.1, 0.15) is 37.3 Å². The lowest BCUT2D eigenvalue weighted by atomic mass is 9.84. The van der Waals surface area contributed by atoms with Gasteiger partial charge in [-0.2, -0.15) is 14.7 Å². The third kappa shape index (κ3) is 2.42. The van der Waals surface area contributed by atoms with Crippen molar-refractivity contribution in [2.45, 2.75) is 37.6 Å². The number of hydrogen-bond donors (Lipinski definition) is 3. The Morgan fingerprint density at radius 2 is 2.17 bits per heavy atom. The minimum Gasteiger partial charge on any atom is -0.383 e. The number of nitrogen functional groups attached to an aromatic ring is 1. The second-order valence-electron chi connectivity index (χ2n) is 6.10. The molecule has 1 aliphatic carbocycles. The maximum absolute atomic E-state index is 6.29. The Bertz CT molecular complexity index is 839. The van der Waals surface area contributed by atoms with Gasteiger partial charge in [0.1, 0.15) is 5.82 Å². The molecule has 0 aliphatic heterocycles. The fraction of sp³-hybridized carbons (Fsp3) is 0.400. The summed E-state index contributed by atoms with van der Waals surface area (Å²) < 4.78 is 2.49. The number of aromatic nitrogens is 5. The molecule has 7 nitrogen and oxygen atoms in total. The molecule has 2 atom stereocenters. The average molecular weight is 376 g/mol. The lowest BCUT2D eigenvalue weighted by Crippen LogP contribution is -2.27. The highest BCUT2D eigenvalue weighted by Crippen LogP contribution is 2.38. The standard InChI is InChI=1S/C15H18BrN7/c16-12-13(8-2-1-3-10(17)4-8)22-15-11(9-5-19-20-6-9)7-21-23(15)14(12)18/h5-8,10H,1-4,17-18H2,(H,19,20)/t8-,10+/m0/s1. The molecule has 3 heterocycles. The second kappa shape index (κ2) is 5.61. The van der Waals surface area contributed by atoms with Gasteiger partial charge in [0.25, 0.3) is 0 Å². The summed E-state index contributed by atoms with van der Waals surface area (Å²) in [4.78, 5) is 4.89. The fourth-order valence-electron chi connectivity index (χ4n) is 3.36. The number of halogens is 1. The van der Waals surface area contributed by atoms with Crippen LogP contribution in [0.4, 0.5) is 5.82 Å². The van der Waals surface area contributed by atoms with E-state index >= 15 is 0 Å². The molecule has 8 heteroatoms. The first-order valence-electron chi connectivity index (χ1n) is 7.72. The highest BCUT2D eigenvalue weighted by molar-refractivity contribution is 9.10. The Hall–Kier alpha value is -1.93. The zero-order valence-electron chi connectivity index (χ0n) is 12.5. The van der Waals surface area contributed by atoms with Gasteiger partial charge >= 0.3 is 0 Å². The summed E-state index contributed by atoms with van der Waals surface area (Å²) in [7, 11) is 0. The van der Waals surface area contributed by atoms with Crippen molar-refractivity contribution < 1.29 is 0 Å². The number of rotatable bonds is 2. The van der Waals surface area contributed by atoms with Crippen LogP contribution in [0.15, 0.2) is 23.1 Å². The van der Waals surface area contributed by atoms with E-state index in [1.165, 1.54) is 0 Å². The quantitative estimate of drug-likeness (QED) is 0.636. The molecule has 0 unspecified atom stereocenters. The van der Waals surface area contributed by atoms with Crippen LogP contribution in [0.3, 0.4) is 0 Å². The smallest absolute Gasteiger partial charge is 0.165 e. The summed E-state index contributed by atoms with van der Waals surface area (Å²) in [6.07, 6.45) is 9.59. The van der Waals surface area contributed by atoms with Crippen molar-refractivity contribution in [3.05, 3.63) is 28.8 Å². The number of hydrogen-bond acceptors (Lipinski definition) is 5. The monoisotopic (exact) mass is 375 g/mol. The number of H-pyrrole nitrogens is 1. The first kappa shape index (κ1) is 14.6. The molecule has 3 aromatic heterocycles. The molecule has 3 aromatic rings. The van der Waals surface area contributed by atoms with Crippen molar-refractivity contribution in [1.82, 2.24) is 24.8 Å². The minimum atomic E-state index is 0.234. The molecule has 0 saturated heterocycles. The Morgan fingerprint density at radius 3 is 2.91 bits per heavy atom. The van der Waals surface area contributed by atoms with Gasteiger partial charge in [-0.3, -0.25) is 5.10 Å². The molecule has 0 aromatic carbocycles. The number of aromatic amines is 1. The van der Waals surface area contributed by atoms with Gasteiger partial charge in [-0.25, -0.2) is 4.98 Å². The van der Waals surface area contributed by atoms with E-state index in [1.54, 1.807) is 16.9 Å². The van der Waals surface area contributed by atoms with Crippen molar-refractivity contribution in [1.29, 1.82) is 0 Å². The van der Waals surface area contributed by atoms with E-state index in [4.69, 9.17) is 16.5 Å². The third-order valence-corrected chi connectivity index (χ3v) is 5.37. The summed E-state index contributed by atoms with van der Waals surface area (Å²) in [5, 5.41) is 11.2. The van der Waals surface area contributed by atoms with E-state index in [-0.39, 0.29) is 6.04 Å². The van der Waals surface area contributed by atoms with Crippen molar-refractivity contribution in [3.8, 4) is 11.1 Å². The lowest BCUT2D eigenvalue weighted by molar-refractivity contribution is 0.387. The molecule has 120 valence electrons. The number of nitrogens with one attached hydrogen (secondary N) is 1. The maximum Gasteiger partial charge on any atom is 0.165 e. The van der Waals surface area contributed by atoms with Gasteiger partial charge in [-0.15, -0.1) is 0 Å². The molecule has 5 N–H and O–H groups in total. The Morgan fingerprint density at radius 1 is 1.30 bits per heavy atom. The number of nitrogens with zero attached hydrogens (tertiary/aromatic N) is 4. The van der Waals surface area contributed by atoms with Gasteiger partial charge in [0, 0.05) is 29.3 Å². The predicted octanol–water partition coefficient (Wildman–Crippen LogP) is 2.45. The first-order valence-corrected chi connectivity index (χ1v) is 8.51. The normalized spacial score (nSPS) is 21.8. The maximum atomic E-state index is 6.29. The Kier molecular flexibility index (Phi) is 3.57. The molecule has 1 saturated carbocycles. The topological polar surface area (TPSA) is 111 Å². The first-order chi connectivity index (χ1) is 11.1. The van der Waals surface area contributed by atoms with Crippen molar-refractivity contribution in [3.63, 3.8) is 0 Å². The molecule has 0 amide bonds. The lowest BCUT2D eigenvalue weighted by Gasteiger charge is -2.27. The predicted molar refractivity (Wildman–Crippen MR) is 91.9 cm³/mol. The van der Waals surface area contributed by atoms with Gasteiger partial charge < -0.3 is 11.5 Å². The second-order valence-corrected chi connectivity index (χ2v) is 6.89.